The molecule has 0 bridgehead atoms. The minimum Gasteiger partial charge on any atom is -0.508 e. The number of hydrogen-bond donors (Lipinski definition) is 2. The largest absolute Gasteiger partial charge is 0.508 e. The average molecular weight is 431 g/mol. The van der Waals surface area contributed by atoms with Gasteiger partial charge < -0.3 is 9.84 Å². The van der Waals surface area contributed by atoms with Crippen molar-refractivity contribution in [2.75, 3.05) is 6.61 Å². The van der Waals surface area contributed by atoms with Crippen LogP contribution in [-0.2, 0) is 4.79 Å². The number of carbonyl (C=O) groups is 1. The lowest BCUT2D eigenvalue weighted by atomic mass is 10.2. The zero-order chi connectivity index (χ0) is 15.9. The molecule has 22 heavy (non-hydrogen) atoms. The van der Waals surface area contributed by atoms with Gasteiger partial charge in [0.1, 0.15) is 11.5 Å². The van der Waals surface area contributed by atoms with Crippen LogP contribution in [0.1, 0.15) is 5.56 Å². The van der Waals surface area contributed by atoms with E-state index in [1.807, 2.05) is 0 Å². The van der Waals surface area contributed by atoms with Gasteiger partial charge in [0.05, 0.1) is 9.78 Å². The highest BCUT2D eigenvalue weighted by atomic mass is 127. The molecule has 0 radical (unpaired) electrons. The van der Waals surface area contributed by atoms with Gasteiger partial charge in [-0.15, -0.1) is 0 Å². The van der Waals surface area contributed by atoms with E-state index in [-0.39, 0.29) is 18.3 Å². The molecule has 0 aliphatic carbocycles. The van der Waals surface area contributed by atoms with E-state index in [4.69, 9.17) is 21.4 Å². The van der Waals surface area contributed by atoms with Crippen molar-refractivity contribution in [2.45, 2.75) is 0 Å². The molecule has 0 fully saturated rings. The molecule has 0 saturated carbocycles. The Balaban J connectivity index is 1.81. The Morgan fingerprint density at radius 1 is 1.32 bits per heavy atom. The first-order chi connectivity index (χ1) is 10.5. The van der Waals surface area contributed by atoms with Crippen LogP contribution in [0.25, 0.3) is 0 Å². The zero-order valence-corrected chi connectivity index (χ0v) is 14.2. The van der Waals surface area contributed by atoms with Gasteiger partial charge in [-0.2, -0.15) is 5.10 Å². The van der Waals surface area contributed by atoms with Gasteiger partial charge in [0.15, 0.2) is 6.61 Å². The number of nitrogens with zero attached hydrogens (tertiary/aromatic N) is 1. The molecule has 2 rings (SSSR count). The number of ether oxygens (including phenoxy) is 1. The SMILES string of the molecule is O=C(COc1ccc(Cl)cc1I)NN=Cc1ccc(O)cc1. The predicted molar refractivity (Wildman–Crippen MR) is 93.5 cm³/mol. The molecule has 0 spiro atoms. The van der Waals surface area contributed by atoms with E-state index in [1.54, 1.807) is 30.3 Å². The first-order valence-corrected chi connectivity index (χ1v) is 7.69. The number of hydrogen-bond acceptors (Lipinski definition) is 4. The highest BCUT2D eigenvalue weighted by molar-refractivity contribution is 14.1. The van der Waals surface area contributed by atoms with Crippen LogP contribution in [0.3, 0.4) is 0 Å². The first-order valence-electron chi connectivity index (χ1n) is 6.23. The molecule has 0 aliphatic rings. The summed E-state index contributed by atoms with van der Waals surface area (Å²) in [5.41, 5.74) is 3.12. The fraction of sp³-hybridized carbons (Fsp3) is 0.0667. The number of halogens is 2. The maximum absolute atomic E-state index is 11.6. The van der Waals surface area contributed by atoms with Crippen molar-refractivity contribution in [3.05, 3.63) is 56.6 Å². The summed E-state index contributed by atoms with van der Waals surface area (Å²) in [5, 5.41) is 13.6. The fourth-order valence-electron chi connectivity index (χ4n) is 1.51. The molecule has 0 aliphatic heterocycles. The van der Waals surface area contributed by atoms with Crippen LogP contribution in [-0.4, -0.2) is 23.8 Å². The number of carbonyl (C=O) groups excluding carboxylic acids is 1. The third-order valence-corrected chi connectivity index (χ3v) is 3.63. The van der Waals surface area contributed by atoms with Crippen LogP contribution in [0, 0.1) is 3.57 Å². The Morgan fingerprint density at radius 2 is 2.05 bits per heavy atom. The molecular formula is C15H12ClIN2O3. The number of nitrogens with one attached hydrogen (secondary N) is 1. The summed E-state index contributed by atoms with van der Waals surface area (Å²) < 4.78 is 6.21. The molecule has 2 aromatic rings. The average Bonchev–Trinajstić information content (AvgIpc) is 2.48. The first kappa shape index (κ1) is 16.6. The Hall–Kier alpha value is -1.80. The summed E-state index contributed by atoms with van der Waals surface area (Å²) in [6, 6.07) is 11.6. The Kier molecular flexibility index (Phi) is 6.02. The number of hydrazone groups is 1. The molecule has 2 N–H and O–H groups in total. The monoisotopic (exact) mass is 430 g/mol. The lowest BCUT2D eigenvalue weighted by molar-refractivity contribution is -0.123. The van der Waals surface area contributed by atoms with E-state index in [0.29, 0.717) is 10.8 Å². The molecule has 0 aromatic heterocycles. The Bertz CT molecular complexity index is 690. The van der Waals surface area contributed by atoms with E-state index in [1.165, 1.54) is 18.3 Å². The van der Waals surface area contributed by atoms with Crippen LogP contribution in [0.15, 0.2) is 47.6 Å². The van der Waals surface area contributed by atoms with Crippen LogP contribution >= 0.6 is 34.2 Å². The van der Waals surface area contributed by atoms with Crippen LogP contribution in [0.4, 0.5) is 0 Å². The maximum Gasteiger partial charge on any atom is 0.277 e. The van der Waals surface area contributed by atoms with E-state index in [0.717, 1.165) is 9.13 Å². The van der Waals surface area contributed by atoms with Gasteiger partial charge in [-0.25, -0.2) is 5.43 Å². The minimum absolute atomic E-state index is 0.148. The summed E-state index contributed by atoms with van der Waals surface area (Å²) >= 11 is 7.92. The third kappa shape index (κ3) is 5.19. The fourth-order valence-corrected chi connectivity index (χ4v) is 2.53. The Morgan fingerprint density at radius 3 is 2.73 bits per heavy atom. The lowest BCUT2D eigenvalue weighted by Crippen LogP contribution is -2.24. The third-order valence-electron chi connectivity index (χ3n) is 2.55. The number of aromatic hydroxyl groups is 1. The smallest absolute Gasteiger partial charge is 0.277 e. The van der Waals surface area contributed by atoms with Gasteiger partial charge in [0.25, 0.3) is 5.91 Å². The van der Waals surface area contributed by atoms with Crippen molar-refractivity contribution in [1.29, 1.82) is 0 Å². The summed E-state index contributed by atoms with van der Waals surface area (Å²) in [5.74, 6) is 0.385. The van der Waals surface area contributed by atoms with E-state index >= 15 is 0 Å². The normalized spacial score (nSPS) is 10.6. The molecule has 5 nitrogen and oxygen atoms in total. The van der Waals surface area contributed by atoms with Crippen LogP contribution in [0.5, 0.6) is 11.5 Å². The quantitative estimate of drug-likeness (QED) is 0.435. The second kappa shape index (κ2) is 8.00. The van der Waals surface area contributed by atoms with E-state index < -0.39 is 0 Å². The topological polar surface area (TPSA) is 70.9 Å². The molecule has 0 atom stereocenters. The van der Waals surface area contributed by atoms with Gasteiger partial charge in [0, 0.05) is 5.02 Å². The van der Waals surface area contributed by atoms with Gasteiger partial charge in [0.2, 0.25) is 0 Å². The minimum atomic E-state index is -0.374. The van der Waals surface area contributed by atoms with Crippen molar-refractivity contribution in [1.82, 2.24) is 5.43 Å². The molecule has 114 valence electrons. The second-order valence-corrected chi connectivity index (χ2v) is 5.85. The van der Waals surface area contributed by atoms with Crippen LogP contribution in [0.2, 0.25) is 5.02 Å². The molecule has 0 heterocycles. The predicted octanol–water partition coefficient (Wildman–Crippen LogP) is 3.18. The maximum atomic E-state index is 11.6. The number of rotatable bonds is 5. The van der Waals surface area contributed by atoms with Crippen molar-refractivity contribution >= 4 is 46.3 Å². The standard InChI is InChI=1S/C15H12ClIN2O3/c16-11-3-6-14(13(17)7-11)22-9-15(21)19-18-8-10-1-4-12(20)5-2-10/h1-8,20H,9H2,(H,19,21). The Labute approximate surface area is 146 Å². The van der Waals surface area contributed by atoms with Gasteiger partial charge in [-0.1, -0.05) is 11.6 Å². The molecule has 0 unspecified atom stereocenters. The molecule has 7 heteroatoms. The second-order valence-electron chi connectivity index (χ2n) is 4.25. The summed E-state index contributed by atoms with van der Waals surface area (Å²) in [7, 11) is 0. The number of amides is 1. The zero-order valence-electron chi connectivity index (χ0n) is 11.3. The van der Waals surface area contributed by atoms with Gasteiger partial charge in [-0.05, 0) is 70.6 Å². The molecule has 2 aromatic carbocycles. The van der Waals surface area contributed by atoms with Crippen molar-refractivity contribution in [2.24, 2.45) is 5.10 Å². The molecule has 1 amide bonds. The summed E-state index contributed by atoms with van der Waals surface area (Å²) in [6.45, 7) is -0.148. The summed E-state index contributed by atoms with van der Waals surface area (Å²) in [4.78, 5) is 11.6. The van der Waals surface area contributed by atoms with E-state index in [2.05, 4.69) is 33.1 Å². The number of phenols is 1. The highest BCUT2D eigenvalue weighted by Gasteiger charge is 2.05. The van der Waals surface area contributed by atoms with E-state index in [9.17, 15) is 4.79 Å². The van der Waals surface area contributed by atoms with Crippen LogP contribution < -0.4 is 10.2 Å². The number of benzene rings is 2. The van der Waals surface area contributed by atoms with Gasteiger partial charge >= 0.3 is 0 Å². The number of phenolic OH excluding ortho intramolecular Hbond substituents is 1. The molecular weight excluding hydrogens is 419 g/mol. The lowest BCUT2D eigenvalue weighted by Gasteiger charge is -2.07. The van der Waals surface area contributed by atoms with Crippen molar-refractivity contribution < 1.29 is 14.6 Å². The molecule has 0 saturated heterocycles. The highest BCUT2D eigenvalue weighted by Crippen LogP contribution is 2.24. The van der Waals surface area contributed by atoms with Crippen molar-refractivity contribution in [3.8, 4) is 11.5 Å². The van der Waals surface area contributed by atoms with Crippen molar-refractivity contribution in [3.63, 3.8) is 0 Å². The van der Waals surface area contributed by atoms with Gasteiger partial charge in [-0.3, -0.25) is 4.79 Å². The summed E-state index contributed by atoms with van der Waals surface area (Å²) in [6.07, 6.45) is 1.48.